The number of rotatable bonds is 3. The number of hydrogen-bond donors (Lipinski definition) is 0. The quantitative estimate of drug-likeness (QED) is 0.538. The number of alkyl halides is 1. The van der Waals surface area contributed by atoms with Gasteiger partial charge in [0.2, 0.25) is 0 Å². The number of nitrogens with zero attached hydrogens (tertiary/aromatic N) is 2. The Kier molecular flexibility index (Phi) is 3.70. The van der Waals surface area contributed by atoms with Crippen molar-refractivity contribution < 1.29 is 0 Å². The van der Waals surface area contributed by atoms with Gasteiger partial charge >= 0.3 is 0 Å². The second kappa shape index (κ2) is 4.86. The molecule has 2 bridgehead atoms. The summed E-state index contributed by atoms with van der Waals surface area (Å²) in [4.78, 5) is 5.09. The second-order valence-electron chi connectivity index (χ2n) is 4.96. The zero-order chi connectivity index (χ0) is 10.8. The number of likely N-dealkylation sites (N-methyl/N-ethyl adjacent to an activating group) is 1. The van der Waals surface area contributed by atoms with Crippen LogP contribution in [-0.2, 0) is 0 Å². The largest absolute Gasteiger partial charge is 0.299 e. The Morgan fingerprint density at radius 3 is 2.80 bits per heavy atom. The van der Waals surface area contributed by atoms with Gasteiger partial charge in [0.1, 0.15) is 0 Å². The van der Waals surface area contributed by atoms with Gasteiger partial charge < -0.3 is 0 Å². The minimum absolute atomic E-state index is 0.598. The van der Waals surface area contributed by atoms with Crippen molar-refractivity contribution >= 4 is 11.6 Å². The molecule has 2 unspecified atom stereocenters. The van der Waals surface area contributed by atoms with Crippen molar-refractivity contribution in [1.82, 2.24) is 9.80 Å². The molecule has 0 saturated carbocycles. The molecule has 2 aliphatic rings. The molecule has 0 aromatic carbocycles. The molecular formula is C12H21ClN2. The van der Waals surface area contributed by atoms with E-state index in [1.54, 1.807) is 0 Å². The summed E-state index contributed by atoms with van der Waals surface area (Å²) in [5, 5.41) is 0. The van der Waals surface area contributed by atoms with Gasteiger partial charge in [-0.3, -0.25) is 9.80 Å². The van der Waals surface area contributed by atoms with Crippen LogP contribution in [0.4, 0.5) is 0 Å². The van der Waals surface area contributed by atoms with E-state index in [2.05, 4.69) is 23.4 Å². The highest BCUT2D eigenvalue weighted by atomic mass is 35.5. The maximum atomic E-state index is 5.78. The van der Waals surface area contributed by atoms with Crippen molar-refractivity contribution in [3.63, 3.8) is 0 Å². The summed E-state index contributed by atoms with van der Waals surface area (Å²) in [6.45, 7) is 7.39. The molecule has 2 aliphatic heterocycles. The topological polar surface area (TPSA) is 6.48 Å². The maximum absolute atomic E-state index is 5.78. The molecule has 15 heavy (non-hydrogen) atoms. The average molecular weight is 229 g/mol. The lowest BCUT2D eigenvalue weighted by molar-refractivity contribution is 0.227. The predicted octanol–water partition coefficient (Wildman–Crippen LogP) is 1.95. The monoisotopic (exact) mass is 228 g/mol. The second-order valence-corrected chi connectivity index (χ2v) is 5.23. The highest BCUT2D eigenvalue weighted by Gasteiger charge is 2.34. The first kappa shape index (κ1) is 11.4. The zero-order valence-electron chi connectivity index (χ0n) is 9.58. The van der Waals surface area contributed by atoms with E-state index in [4.69, 9.17) is 11.6 Å². The van der Waals surface area contributed by atoms with Crippen molar-refractivity contribution in [2.45, 2.75) is 31.3 Å². The fraction of sp³-hybridized carbons (Fsp3) is 0.833. The van der Waals surface area contributed by atoms with Crippen molar-refractivity contribution in [1.29, 1.82) is 0 Å². The summed E-state index contributed by atoms with van der Waals surface area (Å²) < 4.78 is 0. The molecule has 2 nitrogen and oxygen atoms in total. The van der Waals surface area contributed by atoms with Crippen molar-refractivity contribution in [3.05, 3.63) is 12.2 Å². The van der Waals surface area contributed by atoms with E-state index in [0.717, 1.165) is 24.2 Å². The van der Waals surface area contributed by atoms with Gasteiger partial charge in [0.05, 0.1) is 0 Å². The van der Waals surface area contributed by atoms with Crippen LogP contribution < -0.4 is 0 Å². The van der Waals surface area contributed by atoms with Gasteiger partial charge in [0.25, 0.3) is 0 Å². The Labute approximate surface area is 97.9 Å². The van der Waals surface area contributed by atoms with E-state index in [1.165, 1.54) is 32.4 Å². The molecule has 0 aliphatic carbocycles. The van der Waals surface area contributed by atoms with Crippen LogP contribution in [0.25, 0.3) is 0 Å². The molecule has 2 heterocycles. The average Bonchev–Trinajstić information content (AvgIpc) is 2.46. The SMILES string of the molecule is C=C(CCl)CN1CCC2CCC(C1)N2C. The molecule has 2 rings (SSSR count). The van der Waals surface area contributed by atoms with E-state index in [0.29, 0.717) is 5.88 Å². The number of hydrogen-bond acceptors (Lipinski definition) is 2. The van der Waals surface area contributed by atoms with Gasteiger partial charge in [-0.2, -0.15) is 0 Å². The van der Waals surface area contributed by atoms with Crippen LogP contribution in [0.15, 0.2) is 12.2 Å². The van der Waals surface area contributed by atoms with Crippen molar-refractivity contribution in [2.75, 3.05) is 32.6 Å². The first-order valence-corrected chi connectivity index (χ1v) is 6.41. The summed E-state index contributed by atoms with van der Waals surface area (Å²) in [6, 6.07) is 1.59. The van der Waals surface area contributed by atoms with Gasteiger partial charge in [-0.25, -0.2) is 0 Å². The summed E-state index contributed by atoms with van der Waals surface area (Å²) in [5.74, 6) is 0.598. The van der Waals surface area contributed by atoms with Gasteiger partial charge in [0.15, 0.2) is 0 Å². The summed E-state index contributed by atoms with van der Waals surface area (Å²) >= 11 is 5.78. The van der Waals surface area contributed by atoms with Gasteiger partial charge in [0, 0.05) is 37.6 Å². The van der Waals surface area contributed by atoms with Crippen molar-refractivity contribution in [3.8, 4) is 0 Å². The lowest BCUT2D eigenvalue weighted by atomic mass is 10.1. The van der Waals surface area contributed by atoms with E-state index >= 15 is 0 Å². The molecule has 0 amide bonds. The summed E-state index contributed by atoms with van der Waals surface area (Å²) in [6.07, 6.45) is 4.07. The number of likely N-dealkylation sites (tertiary alicyclic amines) is 1. The summed E-state index contributed by atoms with van der Waals surface area (Å²) in [7, 11) is 2.28. The molecule has 2 atom stereocenters. The fourth-order valence-electron chi connectivity index (χ4n) is 2.88. The van der Waals surface area contributed by atoms with Crippen LogP contribution in [0.1, 0.15) is 19.3 Å². The standard InChI is InChI=1S/C12H21ClN2/c1-10(7-13)8-15-6-5-11-3-4-12(9-15)14(11)2/h11-12H,1,3-9H2,2H3. The smallest absolute Gasteiger partial charge is 0.0443 e. The number of halogens is 1. The highest BCUT2D eigenvalue weighted by Crippen LogP contribution is 2.28. The van der Waals surface area contributed by atoms with Gasteiger partial charge in [-0.15, -0.1) is 11.6 Å². The fourth-order valence-corrected chi connectivity index (χ4v) is 2.97. The molecular weight excluding hydrogens is 208 g/mol. The van der Waals surface area contributed by atoms with Gasteiger partial charge in [-0.1, -0.05) is 6.58 Å². The Morgan fingerprint density at radius 2 is 2.07 bits per heavy atom. The lowest BCUT2D eigenvalue weighted by Gasteiger charge is -2.25. The zero-order valence-corrected chi connectivity index (χ0v) is 10.3. The molecule has 3 heteroatoms. The molecule has 0 radical (unpaired) electrons. The minimum atomic E-state index is 0.598. The molecule has 0 spiro atoms. The lowest BCUT2D eigenvalue weighted by Crippen LogP contribution is -2.37. The highest BCUT2D eigenvalue weighted by molar-refractivity contribution is 6.19. The molecule has 86 valence electrons. The first-order valence-electron chi connectivity index (χ1n) is 5.87. The molecule has 0 aromatic rings. The Balaban J connectivity index is 1.92. The minimum Gasteiger partial charge on any atom is -0.299 e. The normalized spacial score (nSPS) is 32.9. The number of fused-ring (bicyclic) bond motifs is 2. The molecule has 0 aromatic heterocycles. The van der Waals surface area contributed by atoms with Crippen LogP contribution in [0.3, 0.4) is 0 Å². The third-order valence-electron chi connectivity index (χ3n) is 3.87. The predicted molar refractivity (Wildman–Crippen MR) is 65.5 cm³/mol. The van der Waals surface area contributed by atoms with Crippen LogP contribution in [0.2, 0.25) is 0 Å². The van der Waals surface area contributed by atoms with Crippen LogP contribution in [-0.4, -0.2) is 54.4 Å². The maximum Gasteiger partial charge on any atom is 0.0443 e. The Bertz CT molecular complexity index is 242. The Morgan fingerprint density at radius 1 is 1.33 bits per heavy atom. The van der Waals surface area contributed by atoms with Crippen LogP contribution in [0.5, 0.6) is 0 Å². The third kappa shape index (κ3) is 2.55. The Hall–Kier alpha value is -0.0500. The van der Waals surface area contributed by atoms with E-state index in [9.17, 15) is 0 Å². The van der Waals surface area contributed by atoms with E-state index < -0.39 is 0 Å². The summed E-state index contributed by atoms with van der Waals surface area (Å²) in [5.41, 5.74) is 1.15. The van der Waals surface area contributed by atoms with Crippen molar-refractivity contribution in [2.24, 2.45) is 0 Å². The first-order chi connectivity index (χ1) is 7.20. The van der Waals surface area contributed by atoms with Gasteiger partial charge in [-0.05, 0) is 31.9 Å². The van der Waals surface area contributed by atoms with E-state index in [-0.39, 0.29) is 0 Å². The van der Waals surface area contributed by atoms with Crippen LogP contribution in [0, 0.1) is 0 Å². The van der Waals surface area contributed by atoms with E-state index in [1.807, 2.05) is 0 Å². The molecule has 2 saturated heterocycles. The molecule has 2 fully saturated rings. The third-order valence-corrected chi connectivity index (χ3v) is 4.25. The molecule has 0 N–H and O–H groups in total. The van der Waals surface area contributed by atoms with Crippen LogP contribution >= 0.6 is 11.6 Å².